The Morgan fingerprint density at radius 3 is 2.57 bits per heavy atom. The first-order valence-corrected chi connectivity index (χ1v) is 9.57. The standard InChI is InChI=1S/C21H24F3N5O/c1-13(12-28-15(3)8-14(2)27-28)10-25-20(30)19-11-26-29(16(19)4)18-7-5-6-17(9-18)21(22,23)24/h5-9,11,13H,10,12H2,1-4H3,(H,25,30). The highest BCUT2D eigenvalue weighted by atomic mass is 19.4. The largest absolute Gasteiger partial charge is 0.416 e. The Morgan fingerprint density at radius 1 is 1.20 bits per heavy atom. The SMILES string of the molecule is Cc1cc(C)n(CC(C)CNC(=O)c2cnn(-c3cccc(C(F)(F)F)c3)c2C)n1. The van der Waals surface area contributed by atoms with Crippen LogP contribution in [0.2, 0.25) is 0 Å². The fraction of sp³-hybridized carbons (Fsp3) is 0.381. The first-order chi connectivity index (χ1) is 14.1. The zero-order valence-electron chi connectivity index (χ0n) is 17.3. The highest BCUT2D eigenvalue weighted by Crippen LogP contribution is 2.30. The molecule has 1 amide bonds. The summed E-state index contributed by atoms with van der Waals surface area (Å²) in [7, 11) is 0. The van der Waals surface area contributed by atoms with Crippen molar-refractivity contribution in [2.45, 2.75) is 40.4 Å². The molecular weight excluding hydrogens is 395 g/mol. The summed E-state index contributed by atoms with van der Waals surface area (Å²) in [6.07, 6.45) is -3.07. The summed E-state index contributed by atoms with van der Waals surface area (Å²) in [4.78, 5) is 12.6. The van der Waals surface area contributed by atoms with E-state index in [0.29, 0.717) is 24.3 Å². The van der Waals surface area contributed by atoms with Crippen molar-refractivity contribution < 1.29 is 18.0 Å². The third kappa shape index (κ3) is 4.72. The molecule has 9 heteroatoms. The molecule has 1 atom stereocenters. The number of benzene rings is 1. The number of carbonyl (C=O) groups excluding carboxylic acids is 1. The van der Waals surface area contributed by atoms with Gasteiger partial charge in [0.05, 0.1) is 34.4 Å². The number of aromatic nitrogens is 4. The lowest BCUT2D eigenvalue weighted by Gasteiger charge is -2.14. The van der Waals surface area contributed by atoms with Gasteiger partial charge in [-0.05, 0) is 51.0 Å². The maximum atomic E-state index is 13.0. The summed E-state index contributed by atoms with van der Waals surface area (Å²) < 4.78 is 42.2. The number of halogens is 3. The van der Waals surface area contributed by atoms with Crippen molar-refractivity contribution >= 4 is 5.91 Å². The molecule has 0 aliphatic rings. The van der Waals surface area contributed by atoms with Gasteiger partial charge in [0.15, 0.2) is 0 Å². The Morgan fingerprint density at radius 2 is 1.93 bits per heavy atom. The van der Waals surface area contributed by atoms with Gasteiger partial charge in [0.25, 0.3) is 5.91 Å². The predicted molar refractivity (Wildman–Crippen MR) is 107 cm³/mol. The third-order valence-electron chi connectivity index (χ3n) is 4.87. The Balaban J connectivity index is 1.68. The minimum Gasteiger partial charge on any atom is -0.352 e. The number of aryl methyl sites for hydroxylation is 2. The molecule has 0 radical (unpaired) electrons. The Bertz CT molecular complexity index is 1050. The topological polar surface area (TPSA) is 64.7 Å². The van der Waals surface area contributed by atoms with Crippen molar-refractivity contribution in [3.63, 3.8) is 0 Å². The summed E-state index contributed by atoms with van der Waals surface area (Å²) in [6, 6.07) is 6.85. The molecule has 1 aromatic carbocycles. The highest BCUT2D eigenvalue weighted by Gasteiger charge is 2.30. The zero-order chi connectivity index (χ0) is 22.1. The molecule has 0 fully saturated rings. The van der Waals surface area contributed by atoms with Gasteiger partial charge in [0.2, 0.25) is 0 Å². The van der Waals surface area contributed by atoms with Crippen LogP contribution >= 0.6 is 0 Å². The number of amides is 1. The molecule has 0 saturated heterocycles. The number of hydrogen-bond acceptors (Lipinski definition) is 3. The summed E-state index contributed by atoms with van der Waals surface area (Å²) in [5.74, 6) is -0.170. The Kier molecular flexibility index (Phi) is 6.00. The molecule has 6 nitrogen and oxygen atoms in total. The summed E-state index contributed by atoms with van der Waals surface area (Å²) in [5, 5.41) is 11.4. The van der Waals surface area contributed by atoms with Gasteiger partial charge < -0.3 is 5.32 Å². The van der Waals surface area contributed by atoms with Crippen LogP contribution in [0.4, 0.5) is 13.2 Å². The molecule has 0 aliphatic carbocycles. The number of alkyl halides is 3. The van der Waals surface area contributed by atoms with Crippen molar-refractivity contribution in [3.05, 3.63) is 64.7 Å². The van der Waals surface area contributed by atoms with Crippen molar-refractivity contribution in [1.29, 1.82) is 0 Å². The summed E-state index contributed by atoms with van der Waals surface area (Å²) in [6.45, 7) is 8.68. The van der Waals surface area contributed by atoms with E-state index in [1.54, 1.807) is 6.92 Å². The molecule has 2 aromatic heterocycles. The van der Waals surface area contributed by atoms with Gasteiger partial charge in [-0.2, -0.15) is 23.4 Å². The lowest BCUT2D eigenvalue weighted by molar-refractivity contribution is -0.137. The molecule has 1 unspecified atom stereocenters. The fourth-order valence-electron chi connectivity index (χ4n) is 3.29. The molecular formula is C21H24F3N5O. The molecule has 0 aliphatic heterocycles. The van der Waals surface area contributed by atoms with Crippen molar-refractivity contribution in [2.24, 2.45) is 5.92 Å². The maximum absolute atomic E-state index is 13.0. The molecule has 2 heterocycles. The van der Waals surface area contributed by atoms with Gasteiger partial charge in [-0.3, -0.25) is 9.48 Å². The predicted octanol–water partition coefficient (Wildman–Crippen LogP) is 4.08. The van der Waals surface area contributed by atoms with Crippen LogP contribution in [-0.4, -0.2) is 32.0 Å². The number of carbonyl (C=O) groups is 1. The first-order valence-electron chi connectivity index (χ1n) is 9.57. The number of rotatable bonds is 6. The van der Waals surface area contributed by atoms with Crippen LogP contribution in [0.5, 0.6) is 0 Å². The lowest BCUT2D eigenvalue weighted by Crippen LogP contribution is -2.30. The average molecular weight is 419 g/mol. The molecule has 0 saturated carbocycles. The minimum atomic E-state index is -4.45. The smallest absolute Gasteiger partial charge is 0.352 e. The van der Waals surface area contributed by atoms with E-state index < -0.39 is 11.7 Å². The van der Waals surface area contributed by atoms with Crippen molar-refractivity contribution in [3.8, 4) is 5.69 Å². The van der Waals surface area contributed by atoms with E-state index in [2.05, 4.69) is 15.5 Å². The number of hydrogen-bond donors (Lipinski definition) is 1. The summed E-state index contributed by atoms with van der Waals surface area (Å²) >= 11 is 0. The quantitative estimate of drug-likeness (QED) is 0.655. The second kappa shape index (κ2) is 8.33. The number of nitrogens with zero attached hydrogens (tertiary/aromatic N) is 4. The molecule has 3 aromatic rings. The van der Waals surface area contributed by atoms with E-state index in [0.717, 1.165) is 23.5 Å². The van der Waals surface area contributed by atoms with Crippen molar-refractivity contribution in [2.75, 3.05) is 6.54 Å². The molecule has 160 valence electrons. The van der Waals surface area contributed by atoms with Crippen molar-refractivity contribution in [1.82, 2.24) is 24.9 Å². The van der Waals surface area contributed by atoms with Gasteiger partial charge in [-0.1, -0.05) is 13.0 Å². The Labute approximate surface area is 172 Å². The molecule has 3 rings (SSSR count). The maximum Gasteiger partial charge on any atom is 0.416 e. The fourth-order valence-corrected chi connectivity index (χ4v) is 3.29. The van der Waals surface area contributed by atoms with Gasteiger partial charge in [-0.15, -0.1) is 0 Å². The van der Waals surface area contributed by atoms with Crippen LogP contribution in [0.3, 0.4) is 0 Å². The molecule has 0 bridgehead atoms. The molecule has 30 heavy (non-hydrogen) atoms. The van der Waals surface area contributed by atoms with Crippen LogP contribution in [0.25, 0.3) is 5.69 Å². The van der Waals surface area contributed by atoms with Gasteiger partial charge in [0, 0.05) is 18.8 Å². The van der Waals surface area contributed by atoms with E-state index in [1.165, 1.54) is 23.0 Å². The van der Waals surface area contributed by atoms with E-state index in [9.17, 15) is 18.0 Å². The van der Waals surface area contributed by atoms with Crippen LogP contribution < -0.4 is 5.32 Å². The number of nitrogens with one attached hydrogen (secondary N) is 1. The van der Waals surface area contributed by atoms with Crippen LogP contribution in [0.15, 0.2) is 36.5 Å². The zero-order valence-corrected chi connectivity index (χ0v) is 17.3. The monoisotopic (exact) mass is 419 g/mol. The third-order valence-corrected chi connectivity index (χ3v) is 4.87. The van der Waals surface area contributed by atoms with Gasteiger partial charge in [-0.25, -0.2) is 4.68 Å². The van der Waals surface area contributed by atoms with E-state index in [1.807, 2.05) is 31.5 Å². The molecule has 0 spiro atoms. The average Bonchev–Trinajstić information content (AvgIpc) is 3.20. The van der Waals surface area contributed by atoms with Crippen LogP contribution in [0, 0.1) is 26.7 Å². The van der Waals surface area contributed by atoms with E-state index in [-0.39, 0.29) is 17.5 Å². The second-order valence-electron chi connectivity index (χ2n) is 7.53. The second-order valence-corrected chi connectivity index (χ2v) is 7.53. The van der Waals surface area contributed by atoms with Gasteiger partial charge >= 0.3 is 6.18 Å². The van der Waals surface area contributed by atoms with Crippen LogP contribution in [-0.2, 0) is 12.7 Å². The Hall–Kier alpha value is -3.10. The van der Waals surface area contributed by atoms with E-state index in [4.69, 9.17) is 0 Å². The summed E-state index contributed by atoms with van der Waals surface area (Å²) in [5.41, 5.74) is 2.28. The first kappa shape index (κ1) is 21.6. The highest BCUT2D eigenvalue weighted by molar-refractivity contribution is 5.95. The molecule has 1 N–H and O–H groups in total. The van der Waals surface area contributed by atoms with Crippen LogP contribution in [0.1, 0.15) is 39.9 Å². The lowest BCUT2D eigenvalue weighted by atomic mass is 10.1. The van der Waals surface area contributed by atoms with Gasteiger partial charge in [0.1, 0.15) is 0 Å². The normalized spacial score (nSPS) is 12.8. The van der Waals surface area contributed by atoms with E-state index >= 15 is 0 Å². The minimum absolute atomic E-state index is 0.144.